The predicted octanol–water partition coefficient (Wildman–Crippen LogP) is 3.18. The quantitative estimate of drug-likeness (QED) is 0.772. The minimum atomic E-state index is -0.223. The number of likely N-dealkylation sites (tertiary alicyclic amines) is 1. The zero-order valence-electron chi connectivity index (χ0n) is 14.1. The molecule has 1 saturated heterocycles. The summed E-state index contributed by atoms with van der Waals surface area (Å²) in [5.41, 5.74) is 1.29. The molecule has 1 N–H and O–H groups in total. The molecule has 1 atom stereocenters. The van der Waals surface area contributed by atoms with Crippen molar-refractivity contribution in [2.75, 3.05) is 18.4 Å². The fourth-order valence-electron chi connectivity index (χ4n) is 3.32. The molecule has 3 aromatic rings. The maximum Gasteiger partial charge on any atom is 0.256 e. The van der Waals surface area contributed by atoms with E-state index in [-0.39, 0.29) is 17.7 Å². The second-order valence-corrected chi connectivity index (χ2v) is 7.19. The minimum Gasteiger partial charge on any atom is -0.338 e. The lowest BCUT2D eigenvalue weighted by Crippen LogP contribution is -2.43. The van der Waals surface area contributed by atoms with Crippen LogP contribution in [0.5, 0.6) is 0 Å². The highest BCUT2D eigenvalue weighted by molar-refractivity contribution is 7.13. The molecule has 3 heterocycles. The number of benzene rings is 1. The van der Waals surface area contributed by atoms with Crippen LogP contribution in [0.1, 0.15) is 23.2 Å². The van der Waals surface area contributed by atoms with Crippen molar-refractivity contribution in [2.45, 2.75) is 12.8 Å². The summed E-state index contributed by atoms with van der Waals surface area (Å²) in [6, 6.07) is 9.42. The van der Waals surface area contributed by atoms with Gasteiger partial charge < -0.3 is 10.2 Å². The second-order valence-electron chi connectivity index (χ2n) is 6.30. The van der Waals surface area contributed by atoms with E-state index < -0.39 is 0 Å². The molecule has 1 aromatic carbocycles. The SMILES string of the molecule is O=C(Nc1nccs1)[C@H]1CCCN(C(=O)c2cccc3cccnc23)C1. The molecule has 2 amide bonds. The van der Waals surface area contributed by atoms with E-state index in [0.717, 1.165) is 18.2 Å². The highest BCUT2D eigenvalue weighted by Gasteiger charge is 2.30. The first-order chi connectivity index (χ1) is 12.7. The first-order valence-electron chi connectivity index (χ1n) is 8.56. The van der Waals surface area contributed by atoms with Gasteiger partial charge in [-0.15, -0.1) is 11.3 Å². The third kappa shape index (κ3) is 3.30. The first-order valence-corrected chi connectivity index (χ1v) is 9.44. The standard InChI is InChI=1S/C19H18N4O2S/c24-17(22-19-21-9-11-26-19)14-6-3-10-23(12-14)18(25)15-7-1-4-13-5-2-8-20-16(13)15/h1-2,4-5,7-9,11,14H,3,6,10,12H2,(H,21,22,24)/t14-/m0/s1. The number of hydrogen-bond acceptors (Lipinski definition) is 5. The molecule has 6 nitrogen and oxygen atoms in total. The van der Waals surface area contributed by atoms with Gasteiger partial charge in [0.15, 0.2) is 5.13 Å². The average molecular weight is 366 g/mol. The van der Waals surface area contributed by atoms with Crippen molar-refractivity contribution in [1.82, 2.24) is 14.9 Å². The molecule has 26 heavy (non-hydrogen) atoms. The summed E-state index contributed by atoms with van der Waals surface area (Å²) in [5.74, 6) is -0.367. The van der Waals surface area contributed by atoms with E-state index in [9.17, 15) is 9.59 Å². The van der Waals surface area contributed by atoms with Crippen molar-refractivity contribution in [2.24, 2.45) is 5.92 Å². The van der Waals surface area contributed by atoms with Gasteiger partial charge in [0.25, 0.3) is 5.91 Å². The van der Waals surface area contributed by atoms with Gasteiger partial charge in [0.2, 0.25) is 5.91 Å². The third-order valence-electron chi connectivity index (χ3n) is 4.60. The van der Waals surface area contributed by atoms with Crippen LogP contribution in [0.25, 0.3) is 10.9 Å². The molecule has 1 aliphatic rings. The van der Waals surface area contributed by atoms with Crippen LogP contribution in [0.3, 0.4) is 0 Å². The smallest absolute Gasteiger partial charge is 0.256 e. The number of rotatable bonds is 3. The molecule has 0 aliphatic carbocycles. The van der Waals surface area contributed by atoms with Crippen LogP contribution in [-0.2, 0) is 4.79 Å². The maximum absolute atomic E-state index is 13.0. The summed E-state index contributed by atoms with van der Waals surface area (Å²) in [6.07, 6.45) is 4.93. The Morgan fingerprint density at radius 1 is 1.15 bits per heavy atom. The number of fused-ring (bicyclic) bond motifs is 1. The average Bonchev–Trinajstić information content (AvgIpc) is 3.20. The number of piperidine rings is 1. The van der Waals surface area contributed by atoms with Gasteiger partial charge in [0.1, 0.15) is 0 Å². The number of pyridine rings is 1. The van der Waals surface area contributed by atoms with Gasteiger partial charge in [-0.2, -0.15) is 0 Å². The van der Waals surface area contributed by atoms with Gasteiger partial charge in [-0.05, 0) is 25.0 Å². The van der Waals surface area contributed by atoms with Gasteiger partial charge in [-0.1, -0.05) is 18.2 Å². The van der Waals surface area contributed by atoms with E-state index >= 15 is 0 Å². The topological polar surface area (TPSA) is 75.2 Å². The summed E-state index contributed by atoms with van der Waals surface area (Å²) in [5, 5.41) is 6.19. The number of amides is 2. The molecule has 7 heteroatoms. The number of carbonyl (C=O) groups excluding carboxylic acids is 2. The fourth-order valence-corrected chi connectivity index (χ4v) is 3.85. The van der Waals surface area contributed by atoms with E-state index in [1.54, 1.807) is 23.4 Å². The van der Waals surface area contributed by atoms with E-state index in [1.165, 1.54) is 11.3 Å². The molecule has 2 aromatic heterocycles. The predicted molar refractivity (Wildman–Crippen MR) is 101 cm³/mol. The van der Waals surface area contributed by atoms with E-state index in [4.69, 9.17) is 0 Å². The highest BCUT2D eigenvalue weighted by atomic mass is 32.1. The summed E-state index contributed by atoms with van der Waals surface area (Å²) in [6.45, 7) is 1.07. The van der Waals surface area contributed by atoms with Crippen molar-refractivity contribution in [3.63, 3.8) is 0 Å². The van der Waals surface area contributed by atoms with Crippen molar-refractivity contribution in [3.05, 3.63) is 53.7 Å². The van der Waals surface area contributed by atoms with Crippen LogP contribution in [-0.4, -0.2) is 39.8 Å². The molecule has 4 rings (SSSR count). The number of carbonyl (C=O) groups is 2. The third-order valence-corrected chi connectivity index (χ3v) is 5.29. The van der Waals surface area contributed by atoms with E-state index in [1.807, 2.05) is 29.6 Å². The Kier molecular flexibility index (Phi) is 4.62. The van der Waals surface area contributed by atoms with Crippen molar-refractivity contribution >= 4 is 39.2 Å². The fraction of sp³-hybridized carbons (Fsp3) is 0.263. The zero-order chi connectivity index (χ0) is 17.9. The number of nitrogens with zero attached hydrogens (tertiary/aromatic N) is 3. The van der Waals surface area contributed by atoms with Crippen LogP contribution in [0.4, 0.5) is 5.13 Å². The number of para-hydroxylation sites is 1. The number of hydrogen-bond donors (Lipinski definition) is 1. The summed E-state index contributed by atoms with van der Waals surface area (Å²) >= 11 is 1.39. The first kappa shape index (κ1) is 16.7. The Hall–Kier alpha value is -2.80. The second kappa shape index (κ2) is 7.21. The Morgan fingerprint density at radius 3 is 2.88 bits per heavy atom. The van der Waals surface area contributed by atoms with Gasteiger partial charge in [-0.3, -0.25) is 14.6 Å². The molecule has 0 radical (unpaired) electrons. The monoisotopic (exact) mass is 366 g/mol. The molecular formula is C19H18N4O2S. The Morgan fingerprint density at radius 2 is 2.04 bits per heavy atom. The molecule has 0 unspecified atom stereocenters. The maximum atomic E-state index is 13.0. The molecule has 0 spiro atoms. The van der Waals surface area contributed by atoms with Crippen LogP contribution >= 0.6 is 11.3 Å². The molecule has 132 valence electrons. The Balaban J connectivity index is 1.52. The minimum absolute atomic E-state index is 0.0685. The van der Waals surface area contributed by atoms with E-state index in [2.05, 4.69) is 15.3 Å². The van der Waals surface area contributed by atoms with Crippen molar-refractivity contribution < 1.29 is 9.59 Å². The zero-order valence-corrected chi connectivity index (χ0v) is 14.9. The Labute approximate surface area is 154 Å². The lowest BCUT2D eigenvalue weighted by Gasteiger charge is -2.32. The molecular weight excluding hydrogens is 348 g/mol. The number of aromatic nitrogens is 2. The van der Waals surface area contributed by atoms with Gasteiger partial charge >= 0.3 is 0 Å². The van der Waals surface area contributed by atoms with Crippen LogP contribution in [0.2, 0.25) is 0 Å². The van der Waals surface area contributed by atoms with E-state index in [0.29, 0.717) is 29.3 Å². The number of anilines is 1. The van der Waals surface area contributed by atoms with Gasteiger partial charge in [0.05, 0.1) is 17.0 Å². The molecule has 0 saturated carbocycles. The lowest BCUT2D eigenvalue weighted by molar-refractivity contribution is -0.121. The normalized spacial score (nSPS) is 17.2. The van der Waals surface area contributed by atoms with Crippen molar-refractivity contribution in [1.29, 1.82) is 0 Å². The molecule has 1 aliphatic heterocycles. The number of thiazole rings is 1. The van der Waals surface area contributed by atoms with Crippen LogP contribution in [0, 0.1) is 5.92 Å². The molecule has 0 bridgehead atoms. The lowest BCUT2D eigenvalue weighted by atomic mass is 9.96. The largest absolute Gasteiger partial charge is 0.338 e. The van der Waals surface area contributed by atoms with Gasteiger partial charge in [0, 0.05) is 36.2 Å². The Bertz CT molecular complexity index is 936. The molecule has 1 fully saturated rings. The number of nitrogens with one attached hydrogen (secondary N) is 1. The summed E-state index contributed by atoms with van der Waals surface area (Å²) in [7, 11) is 0. The van der Waals surface area contributed by atoms with Crippen molar-refractivity contribution in [3.8, 4) is 0 Å². The van der Waals surface area contributed by atoms with Crippen LogP contribution < -0.4 is 5.32 Å². The van der Waals surface area contributed by atoms with Gasteiger partial charge in [-0.25, -0.2) is 4.98 Å². The summed E-state index contributed by atoms with van der Waals surface area (Å²) < 4.78 is 0. The van der Waals surface area contributed by atoms with Crippen LogP contribution in [0.15, 0.2) is 48.1 Å². The summed E-state index contributed by atoms with van der Waals surface area (Å²) in [4.78, 5) is 35.7. The highest BCUT2D eigenvalue weighted by Crippen LogP contribution is 2.23.